The largest absolute Gasteiger partial charge is 0.395 e. The number of hydrogen-bond donors (Lipinski definition) is 2. The number of aromatic nitrogens is 2. The quantitative estimate of drug-likeness (QED) is 0.806. The lowest BCUT2D eigenvalue weighted by Gasteiger charge is -2.17. The standard InChI is InChI=1S/C16H22BrN3O/c1-3-20-15(16(17)12(2)19-20)10-18-14(11-21)9-13-7-5-4-6-8-13/h4-8,14,18,21H,3,9-11H2,1-2H3. The summed E-state index contributed by atoms with van der Waals surface area (Å²) >= 11 is 3.59. The molecule has 0 saturated heterocycles. The van der Waals surface area contributed by atoms with Gasteiger partial charge in [-0.1, -0.05) is 30.3 Å². The summed E-state index contributed by atoms with van der Waals surface area (Å²) in [5.74, 6) is 0. The number of hydrogen-bond acceptors (Lipinski definition) is 3. The van der Waals surface area contributed by atoms with E-state index in [-0.39, 0.29) is 12.6 Å². The van der Waals surface area contributed by atoms with Crippen LogP contribution in [0.3, 0.4) is 0 Å². The van der Waals surface area contributed by atoms with Crippen LogP contribution in [0.1, 0.15) is 23.9 Å². The number of rotatable bonds is 7. The summed E-state index contributed by atoms with van der Waals surface area (Å²) in [6.45, 7) is 5.72. The van der Waals surface area contributed by atoms with Gasteiger partial charge in [-0.2, -0.15) is 5.10 Å². The topological polar surface area (TPSA) is 50.1 Å². The van der Waals surface area contributed by atoms with E-state index in [0.29, 0.717) is 6.54 Å². The highest BCUT2D eigenvalue weighted by molar-refractivity contribution is 9.10. The van der Waals surface area contributed by atoms with Crippen molar-refractivity contribution in [2.75, 3.05) is 6.61 Å². The second-order valence-corrected chi connectivity index (χ2v) is 5.90. The van der Waals surface area contributed by atoms with Crippen molar-refractivity contribution in [3.8, 4) is 0 Å². The molecule has 0 fully saturated rings. The number of halogens is 1. The van der Waals surface area contributed by atoms with Gasteiger partial charge in [-0.15, -0.1) is 0 Å². The van der Waals surface area contributed by atoms with Crippen LogP contribution in [0.2, 0.25) is 0 Å². The monoisotopic (exact) mass is 351 g/mol. The summed E-state index contributed by atoms with van der Waals surface area (Å²) in [5.41, 5.74) is 3.35. The molecule has 0 aliphatic heterocycles. The summed E-state index contributed by atoms with van der Waals surface area (Å²) in [6, 6.07) is 10.3. The van der Waals surface area contributed by atoms with E-state index in [0.717, 1.165) is 28.8 Å². The lowest BCUT2D eigenvalue weighted by molar-refractivity contribution is 0.239. The molecule has 0 aliphatic carbocycles. The molecule has 0 radical (unpaired) electrons. The lowest BCUT2D eigenvalue weighted by Crippen LogP contribution is -2.34. The highest BCUT2D eigenvalue weighted by Gasteiger charge is 2.14. The van der Waals surface area contributed by atoms with Crippen molar-refractivity contribution in [2.45, 2.75) is 39.4 Å². The van der Waals surface area contributed by atoms with Gasteiger partial charge in [0.15, 0.2) is 0 Å². The van der Waals surface area contributed by atoms with Crippen molar-refractivity contribution in [3.05, 3.63) is 51.8 Å². The summed E-state index contributed by atoms with van der Waals surface area (Å²) < 4.78 is 3.04. The van der Waals surface area contributed by atoms with E-state index in [4.69, 9.17) is 0 Å². The third-order valence-electron chi connectivity index (χ3n) is 3.56. The molecule has 0 amide bonds. The number of benzene rings is 1. The maximum Gasteiger partial charge on any atom is 0.0739 e. The molecule has 2 aromatic rings. The summed E-state index contributed by atoms with van der Waals surface area (Å²) in [5, 5.41) is 17.5. The number of aryl methyl sites for hydroxylation is 2. The van der Waals surface area contributed by atoms with Gasteiger partial charge in [0.05, 0.1) is 22.5 Å². The molecule has 0 spiro atoms. The van der Waals surface area contributed by atoms with Crippen molar-refractivity contribution in [2.24, 2.45) is 0 Å². The molecule has 1 unspecified atom stereocenters. The highest BCUT2D eigenvalue weighted by atomic mass is 79.9. The SMILES string of the molecule is CCn1nc(C)c(Br)c1CNC(CO)Cc1ccccc1. The third kappa shape index (κ3) is 4.15. The van der Waals surface area contributed by atoms with Gasteiger partial charge in [0, 0.05) is 19.1 Å². The molecule has 2 N–H and O–H groups in total. The van der Waals surface area contributed by atoms with Gasteiger partial charge in [-0.3, -0.25) is 4.68 Å². The van der Waals surface area contributed by atoms with Gasteiger partial charge in [0.25, 0.3) is 0 Å². The second-order valence-electron chi connectivity index (χ2n) is 5.11. The first-order chi connectivity index (χ1) is 10.2. The molecular formula is C16H22BrN3O. The summed E-state index contributed by atoms with van der Waals surface area (Å²) in [6.07, 6.45) is 0.814. The Labute approximate surface area is 134 Å². The summed E-state index contributed by atoms with van der Waals surface area (Å²) in [7, 11) is 0. The Morgan fingerprint density at radius 1 is 1.33 bits per heavy atom. The molecule has 0 saturated carbocycles. The molecule has 1 atom stereocenters. The molecule has 5 heteroatoms. The van der Waals surface area contributed by atoms with Crippen LogP contribution in [0.15, 0.2) is 34.8 Å². The van der Waals surface area contributed by atoms with E-state index >= 15 is 0 Å². The Balaban J connectivity index is 2.00. The highest BCUT2D eigenvalue weighted by Crippen LogP contribution is 2.21. The third-order valence-corrected chi connectivity index (χ3v) is 4.59. The molecular weight excluding hydrogens is 330 g/mol. The maximum absolute atomic E-state index is 9.57. The van der Waals surface area contributed by atoms with Crippen LogP contribution in [0.25, 0.3) is 0 Å². The first-order valence-corrected chi connectivity index (χ1v) is 8.05. The molecule has 0 aliphatic rings. The minimum absolute atomic E-state index is 0.0415. The predicted molar refractivity (Wildman–Crippen MR) is 88.2 cm³/mol. The minimum atomic E-state index is 0.0415. The second kappa shape index (κ2) is 7.73. The maximum atomic E-state index is 9.57. The first kappa shape index (κ1) is 16.2. The smallest absolute Gasteiger partial charge is 0.0739 e. The van der Waals surface area contributed by atoms with Crippen LogP contribution >= 0.6 is 15.9 Å². The van der Waals surface area contributed by atoms with Gasteiger partial charge in [-0.25, -0.2) is 0 Å². The Morgan fingerprint density at radius 3 is 2.67 bits per heavy atom. The van der Waals surface area contributed by atoms with E-state index in [1.165, 1.54) is 5.56 Å². The van der Waals surface area contributed by atoms with Crippen molar-refractivity contribution in [1.82, 2.24) is 15.1 Å². The number of nitrogens with one attached hydrogen (secondary N) is 1. The number of nitrogens with zero attached hydrogens (tertiary/aromatic N) is 2. The van der Waals surface area contributed by atoms with Crippen molar-refractivity contribution < 1.29 is 5.11 Å². The van der Waals surface area contributed by atoms with Crippen molar-refractivity contribution in [3.63, 3.8) is 0 Å². The van der Waals surface area contributed by atoms with Gasteiger partial charge >= 0.3 is 0 Å². The average Bonchev–Trinajstić information content (AvgIpc) is 2.79. The zero-order valence-electron chi connectivity index (χ0n) is 12.5. The van der Waals surface area contributed by atoms with Gasteiger partial charge in [0.1, 0.15) is 0 Å². The number of aliphatic hydroxyl groups is 1. The molecule has 1 heterocycles. The van der Waals surface area contributed by atoms with Crippen LogP contribution in [0.5, 0.6) is 0 Å². The van der Waals surface area contributed by atoms with Crippen LogP contribution in [-0.2, 0) is 19.5 Å². The van der Waals surface area contributed by atoms with Crippen molar-refractivity contribution in [1.29, 1.82) is 0 Å². The predicted octanol–water partition coefficient (Wildman–Crippen LogP) is 2.67. The fraction of sp³-hybridized carbons (Fsp3) is 0.438. The molecule has 1 aromatic carbocycles. The molecule has 4 nitrogen and oxygen atoms in total. The van der Waals surface area contributed by atoms with Crippen LogP contribution in [0, 0.1) is 6.92 Å². The lowest BCUT2D eigenvalue weighted by atomic mass is 10.1. The molecule has 114 valence electrons. The Hall–Kier alpha value is -1.17. The van der Waals surface area contributed by atoms with E-state index in [2.05, 4.69) is 45.4 Å². The fourth-order valence-electron chi connectivity index (χ4n) is 2.38. The van der Waals surface area contributed by atoms with Gasteiger partial charge < -0.3 is 10.4 Å². The van der Waals surface area contributed by atoms with E-state index in [9.17, 15) is 5.11 Å². The van der Waals surface area contributed by atoms with Crippen LogP contribution < -0.4 is 5.32 Å². The molecule has 0 bridgehead atoms. The molecule has 1 aromatic heterocycles. The van der Waals surface area contributed by atoms with E-state index in [1.807, 2.05) is 29.8 Å². The number of aliphatic hydroxyl groups excluding tert-OH is 1. The minimum Gasteiger partial charge on any atom is -0.395 e. The fourth-order valence-corrected chi connectivity index (χ4v) is 2.80. The molecule has 21 heavy (non-hydrogen) atoms. The Morgan fingerprint density at radius 2 is 2.05 bits per heavy atom. The van der Waals surface area contributed by atoms with Crippen LogP contribution in [-0.4, -0.2) is 27.5 Å². The first-order valence-electron chi connectivity index (χ1n) is 7.25. The zero-order valence-corrected chi connectivity index (χ0v) is 14.1. The van der Waals surface area contributed by atoms with Crippen molar-refractivity contribution >= 4 is 15.9 Å². The van der Waals surface area contributed by atoms with Crippen LogP contribution in [0.4, 0.5) is 0 Å². The summed E-state index contributed by atoms with van der Waals surface area (Å²) in [4.78, 5) is 0. The Kier molecular flexibility index (Phi) is 5.96. The molecule has 2 rings (SSSR count). The van der Waals surface area contributed by atoms with E-state index in [1.54, 1.807) is 0 Å². The van der Waals surface area contributed by atoms with E-state index < -0.39 is 0 Å². The zero-order chi connectivity index (χ0) is 15.2. The Bertz CT molecular complexity index is 568. The normalized spacial score (nSPS) is 12.6. The van der Waals surface area contributed by atoms with Gasteiger partial charge in [-0.05, 0) is 41.8 Å². The van der Waals surface area contributed by atoms with Gasteiger partial charge in [0.2, 0.25) is 0 Å². The average molecular weight is 352 g/mol.